The van der Waals surface area contributed by atoms with E-state index in [4.69, 9.17) is 0 Å². The van der Waals surface area contributed by atoms with Crippen LogP contribution in [-0.2, 0) is 6.42 Å². The molecule has 0 heterocycles. The van der Waals surface area contributed by atoms with Crippen molar-refractivity contribution in [2.24, 2.45) is 5.41 Å². The highest BCUT2D eigenvalue weighted by Crippen LogP contribution is 2.66. The van der Waals surface area contributed by atoms with Crippen molar-refractivity contribution >= 4 is 94.3 Å². The zero-order valence-corrected chi connectivity index (χ0v) is 22.6. The van der Waals surface area contributed by atoms with Gasteiger partial charge in [0.25, 0.3) is 0 Å². The van der Waals surface area contributed by atoms with Crippen LogP contribution in [0, 0.1) is 8.99 Å². The Balaban J connectivity index is 1.61. The molecule has 4 aliphatic carbocycles. The number of alkyl halides is 2. The molecule has 0 bridgehead atoms. The molecule has 0 aromatic heterocycles. The summed E-state index contributed by atoms with van der Waals surface area (Å²) in [5.41, 5.74) is 10.9. The molecule has 0 amide bonds. The summed E-state index contributed by atoms with van der Waals surface area (Å²) in [4.78, 5) is 0. The molecule has 0 radical (unpaired) electrons. The summed E-state index contributed by atoms with van der Waals surface area (Å²) in [6.07, 6.45) is 15.0. The van der Waals surface area contributed by atoms with Gasteiger partial charge in [-0.3, -0.25) is 0 Å². The van der Waals surface area contributed by atoms with Gasteiger partial charge in [-0.1, -0.05) is 97.0 Å². The second-order valence-corrected chi connectivity index (χ2v) is 14.5. The van der Waals surface area contributed by atoms with Crippen LogP contribution in [0.2, 0.25) is 0 Å². The molecule has 142 valence electrons. The molecule has 4 aliphatic rings. The first-order chi connectivity index (χ1) is 13.9. The largest absolute Gasteiger partial charge is 0.112 e. The van der Waals surface area contributed by atoms with E-state index >= 15 is 0 Å². The summed E-state index contributed by atoms with van der Waals surface area (Å²) in [5, 5.41) is 0. The molecule has 2 unspecified atom stereocenters. The summed E-state index contributed by atoms with van der Waals surface area (Å²) >= 11 is 12.8. The van der Waals surface area contributed by atoms with Gasteiger partial charge in [-0.05, 0) is 104 Å². The lowest BCUT2D eigenvalue weighted by Gasteiger charge is -2.47. The third-order valence-corrected chi connectivity index (χ3v) is 9.70. The van der Waals surface area contributed by atoms with Crippen LogP contribution >= 0.6 is 77.0 Å². The zero-order valence-electron chi connectivity index (χ0n) is 15.1. The van der Waals surface area contributed by atoms with Crippen LogP contribution in [0.15, 0.2) is 82.4 Å². The number of benzene rings is 2. The molecule has 1 spiro atoms. The third-order valence-electron chi connectivity index (χ3n) is 6.44. The van der Waals surface area contributed by atoms with Gasteiger partial charge in [0.1, 0.15) is 2.33 Å². The molecule has 0 saturated heterocycles. The maximum Gasteiger partial charge on any atom is 0.112 e. The van der Waals surface area contributed by atoms with Crippen molar-refractivity contribution in [3.8, 4) is 0 Å². The second-order valence-electron chi connectivity index (χ2n) is 7.86. The fraction of sp³-hybridized carbons (Fsp3) is 0.120. The first-order valence-corrected chi connectivity index (χ1v) is 13.2. The lowest BCUT2D eigenvalue weighted by atomic mass is 9.64. The van der Waals surface area contributed by atoms with E-state index < -0.39 is 0 Å². The SMILES string of the molecule is Brc1ccc2c(c1)CC1=C2C=CC(Br)(I)C12C=CC=C1C2=Cc2cc(I)ccc21. The van der Waals surface area contributed by atoms with Crippen molar-refractivity contribution in [3.63, 3.8) is 0 Å². The van der Waals surface area contributed by atoms with E-state index in [1.165, 1.54) is 48.1 Å². The minimum Gasteiger partial charge on any atom is -0.0674 e. The number of halogens is 4. The molecule has 2 aromatic rings. The zero-order chi connectivity index (χ0) is 20.0. The Morgan fingerprint density at radius 2 is 1.83 bits per heavy atom. The highest BCUT2D eigenvalue weighted by atomic mass is 127. The Bertz CT molecular complexity index is 1270. The smallest absolute Gasteiger partial charge is 0.0674 e. The highest BCUT2D eigenvalue weighted by molar-refractivity contribution is 14.1. The highest BCUT2D eigenvalue weighted by Gasteiger charge is 2.56. The maximum atomic E-state index is 4.14. The van der Waals surface area contributed by atoms with Gasteiger partial charge in [0.15, 0.2) is 0 Å². The number of hydrogen-bond acceptors (Lipinski definition) is 0. The molecule has 29 heavy (non-hydrogen) atoms. The quantitative estimate of drug-likeness (QED) is 0.189. The Morgan fingerprint density at radius 1 is 1.00 bits per heavy atom. The Hall–Kier alpha value is -0.440. The van der Waals surface area contributed by atoms with Crippen LogP contribution in [0.5, 0.6) is 0 Å². The third kappa shape index (κ3) is 2.58. The van der Waals surface area contributed by atoms with Gasteiger partial charge in [0.2, 0.25) is 0 Å². The molecular weight excluding hydrogens is 714 g/mol. The average Bonchev–Trinajstić information content (AvgIpc) is 3.23. The van der Waals surface area contributed by atoms with E-state index in [2.05, 4.69) is 150 Å². The average molecular weight is 728 g/mol. The fourth-order valence-electron chi connectivity index (χ4n) is 5.20. The number of fused-ring (bicyclic) bond motifs is 7. The van der Waals surface area contributed by atoms with Crippen molar-refractivity contribution in [3.05, 3.63) is 108 Å². The van der Waals surface area contributed by atoms with Gasteiger partial charge in [0.05, 0.1) is 5.41 Å². The van der Waals surface area contributed by atoms with Crippen LogP contribution in [-0.4, -0.2) is 2.33 Å². The summed E-state index contributed by atoms with van der Waals surface area (Å²) in [6.45, 7) is 0. The fourth-order valence-corrected chi connectivity index (χ4v) is 7.81. The summed E-state index contributed by atoms with van der Waals surface area (Å²) < 4.78 is 2.21. The van der Waals surface area contributed by atoms with Crippen molar-refractivity contribution in [2.75, 3.05) is 0 Å². The van der Waals surface area contributed by atoms with Gasteiger partial charge in [0, 0.05) is 8.04 Å². The van der Waals surface area contributed by atoms with Gasteiger partial charge >= 0.3 is 0 Å². The van der Waals surface area contributed by atoms with Gasteiger partial charge < -0.3 is 0 Å². The Labute approximate surface area is 214 Å². The predicted molar refractivity (Wildman–Crippen MR) is 146 cm³/mol. The number of hydrogen-bond donors (Lipinski definition) is 0. The standard InChI is InChI=1S/C25H14Br2I2/c26-16-3-5-18-14(10-16)12-23-21(18)7-9-25(27,29)24(23)8-1-2-20-19-6-4-17(28)11-15(19)13-22(20)24/h1-11,13H,12H2. The van der Waals surface area contributed by atoms with Crippen molar-refractivity contribution in [1.29, 1.82) is 0 Å². The number of rotatable bonds is 0. The molecule has 6 rings (SSSR count). The van der Waals surface area contributed by atoms with Crippen LogP contribution in [0.3, 0.4) is 0 Å². The lowest BCUT2D eigenvalue weighted by Crippen LogP contribution is -2.42. The van der Waals surface area contributed by atoms with E-state index in [-0.39, 0.29) is 7.75 Å². The van der Waals surface area contributed by atoms with E-state index in [0.717, 1.165) is 10.9 Å². The van der Waals surface area contributed by atoms with Gasteiger partial charge in [-0.25, -0.2) is 0 Å². The molecule has 4 heteroatoms. The van der Waals surface area contributed by atoms with E-state index in [1.807, 2.05) is 0 Å². The predicted octanol–water partition coefficient (Wildman–Crippen LogP) is 8.50. The van der Waals surface area contributed by atoms with E-state index in [0.29, 0.717) is 0 Å². The van der Waals surface area contributed by atoms with Crippen LogP contribution in [0.25, 0.3) is 17.2 Å². The van der Waals surface area contributed by atoms with Crippen molar-refractivity contribution in [2.45, 2.75) is 8.75 Å². The van der Waals surface area contributed by atoms with Crippen LogP contribution < -0.4 is 0 Å². The van der Waals surface area contributed by atoms with Crippen molar-refractivity contribution < 1.29 is 0 Å². The summed E-state index contributed by atoms with van der Waals surface area (Å²) in [5.74, 6) is 0. The molecule has 2 atom stereocenters. The maximum absolute atomic E-state index is 4.14. The monoisotopic (exact) mass is 726 g/mol. The van der Waals surface area contributed by atoms with Crippen LogP contribution in [0.1, 0.15) is 22.3 Å². The first-order valence-electron chi connectivity index (χ1n) is 9.42. The second kappa shape index (κ2) is 6.53. The molecule has 0 aliphatic heterocycles. The molecule has 0 saturated carbocycles. The Kier molecular flexibility index (Phi) is 4.34. The lowest BCUT2D eigenvalue weighted by molar-refractivity contribution is 0.567. The summed E-state index contributed by atoms with van der Waals surface area (Å²) in [7, 11) is 0. The minimum atomic E-state index is -0.215. The normalized spacial score (nSPS) is 28.1. The first kappa shape index (κ1) is 19.3. The molecule has 2 aromatic carbocycles. The molecule has 0 N–H and O–H groups in total. The van der Waals surface area contributed by atoms with Gasteiger partial charge in [-0.2, -0.15) is 0 Å². The van der Waals surface area contributed by atoms with Crippen molar-refractivity contribution in [1.82, 2.24) is 0 Å². The number of allylic oxidation sites excluding steroid dienone is 9. The van der Waals surface area contributed by atoms with E-state index in [1.54, 1.807) is 0 Å². The summed E-state index contributed by atoms with van der Waals surface area (Å²) in [6, 6.07) is 13.5. The minimum absolute atomic E-state index is 0.211. The molecule has 0 fully saturated rings. The molecular formula is C25H14Br2I2. The Morgan fingerprint density at radius 3 is 2.69 bits per heavy atom. The van der Waals surface area contributed by atoms with Gasteiger partial charge in [-0.15, -0.1) is 0 Å². The molecule has 0 nitrogen and oxygen atoms in total. The van der Waals surface area contributed by atoms with E-state index in [9.17, 15) is 0 Å². The van der Waals surface area contributed by atoms with Crippen LogP contribution in [0.4, 0.5) is 0 Å². The topological polar surface area (TPSA) is 0 Å².